The average molecular weight is 358 g/mol. The SMILES string of the molecule is CNC(=O)c1ccc(C2CC2c2nc(C)nc3sccc23)c(Cl)c1. The Balaban J connectivity index is 1.66. The quantitative estimate of drug-likeness (QED) is 0.761. The highest BCUT2D eigenvalue weighted by molar-refractivity contribution is 7.16. The summed E-state index contributed by atoms with van der Waals surface area (Å²) in [7, 11) is 1.62. The van der Waals surface area contributed by atoms with Crippen LogP contribution >= 0.6 is 22.9 Å². The number of nitrogens with zero attached hydrogens (tertiary/aromatic N) is 2. The minimum atomic E-state index is -0.123. The van der Waals surface area contributed by atoms with Crippen LogP contribution in [0.3, 0.4) is 0 Å². The van der Waals surface area contributed by atoms with Crippen molar-refractivity contribution in [1.29, 1.82) is 0 Å². The van der Waals surface area contributed by atoms with E-state index in [1.807, 2.05) is 19.1 Å². The van der Waals surface area contributed by atoms with Gasteiger partial charge in [0.15, 0.2) is 0 Å². The molecule has 0 radical (unpaired) electrons. The van der Waals surface area contributed by atoms with Gasteiger partial charge in [0.2, 0.25) is 0 Å². The summed E-state index contributed by atoms with van der Waals surface area (Å²) in [6.07, 6.45) is 1.03. The van der Waals surface area contributed by atoms with Crippen LogP contribution in [0.1, 0.15) is 45.7 Å². The minimum absolute atomic E-state index is 0.123. The van der Waals surface area contributed by atoms with E-state index >= 15 is 0 Å². The van der Waals surface area contributed by atoms with Gasteiger partial charge in [-0.15, -0.1) is 11.3 Å². The summed E-state index contributed by atoms with van der Waals surface area (Å²) in [5, 5.41) is 6.48. The first-order valence-electron chi connectivity index (χ1n) is 7.81. The Bertz CT molecular complexity index is 953. The number of aromatic nitrogens is 2. The molecule has 1 fully saturated rings. The summed E-state index contributed by atoms with van der Waals surface area (Å²) in [4.78, 5) is 22.0. The number of hydrogen-bond donors (Lipinski definition) is 1. The number of amides is 1. The van der Waals surface area contributed by atoms with E-state index in [-0.39, 0.29) is 5.91 Å². The zero-order chi connectivity index (χ0) is 16.8. The van der Waals surface area contributed by atoms with Crippen molar-refractivity contribution in [3.05, 3.63) is 57.3 Å². The molecule has 0 spiro atoms. The molecule has 0 bridgehead atoms. The van der Waals surface area contributed by atoms with Gasteiger partial charge in [0, 0.05) is 28.9 Å². The number of aryl methyl sites for hydroxylation is 1. The predicted octanol–water partition coefficient (Wildman–Crippen LogP) is 4.28. The van der Waals surface area contributed by atoms with E-state index in [1.54, 1.807) is 24.5 Å². The van der Waals surface area contributed by atoms with Crippen molar-refractivity contribution in [2.45, 2.75) is 25.2 Å². The highest BCUT2D eigenvalue weighted by Crippen LogP contribution is 2.56. The van der Waals surface area contributed by atoms with E-state index < -0.39 is 0 Å². The van der Waals surface area contributed by atoms with Gasteiger partial charge >= 0.3 is 0 Å². The number of hydrogen-bond acceptors (Lipinski definition) is 4. The summed E-state index contributed by atoms with van der Waals surface area (Å²) >= 11 is 8.08. The number of carbonyl (C=O) groups is 1. The largest absolute Gasteiger partial charge is 0.355 e. The molecule has 1 aliphatic rings. The lowest BCUT2D eigenvalue weighted by atomic mass is 10.0. The van der Waals surface area contributed by atoms with Crippen LogP contribution in [0.25, 0.3) is 10.2 Å². The third kappa shape index (κ3) is 2.58. The maximum atomic E-state index is 11.7. The molecule has 2 heterocycles. The normalized spacial score (nSPS) is 19.5. The van der Waals surface area contributed by atoms with Crippen molar-refractivity contribution in [2.75, 3.05) is 7.05 Å². The van der Waals surface area contributed by atoms with Crippen LogP contribution in [-0.4, -0.2) is 22.9 Å². The molecule has 1 amide bonds. The summed E-state index contributed by atoms with van der Waals surface area (Å²) < 4.78 is 0. The zero-order valence-electron chi connectivity index (χ0n) is 13.3. The molecule has 2 unspecified atom stereocenters. The van der Waals surface area contributed by atoms with Crippen molar-refractivity contribution in [2.24, 2.45) is 0 Å². The standard InChI is InChI=1S/C18H16ClN3OS/c1-9-21-16(12-5-6-24-18(12)22-9)14-8-13(14)11-4-3-10(7-15(11)19)17(23)20-2/h3-7,13-14H,8H2,1-2H3,(H,20,23). The minimum Gasteiger partial charge on any atom is -0.355 e. The Morgan fingerprint density at radius 1 is 1.29 bits per heavy atom. The van der Waals surface area contributed by atoms with Crippen molar-refractivity contribution in [1.82, 2.24) is 15.3 Å². The second kappa shape index (κ2) is 5.83. The fourth-order valence-corrected chi connectivity index (χ4v) is 4.36. The van der Waals surface area contributed by atoms with E-state index in [2.05, 4.69) is 26.7 Å². The number of halogens is 1. The van der Waals surface area contributed by atoms with Gasteiger partial charge in [-0.3, -0.25) is 4.79 Å². The molecule has 2 atom stereocenters. The van der Waals surface area contributed by atoms with E-state index in [0.29, 0.717) is 22.4 Å². The van der Waals surface area contributed by atoms with Gasteiger partial charge < -0.3 is 5.32 Å². The Morgan fingerprint density at radius 3 is 2.88 bits per heavy atom. The molecule has 3 aromatic rings. The van der Waals surface area contributed by atoms with Gasteiger partial charge in [0.05, 0.1) is 5.69 Å². The number of nitrogens with one attached hydrogen (secondary N) is 1. The van der Waals surface area contributed by atoms with Crippen LogP contribution in [0, 0.1) is 6.92 Å². The van der Waals surface area contributed by atoms with Gasteiger partial charge in [-0.25, -0.2) is 9.97 Å². The lowest BCUT2D eigenvalue weighted by molar-refractivity contribution is 0.0963. The Kier molecular flexibility index (Phi) is 3.77. The maximum absolute atomic E-state index is 11.7. The number of fused-ring (bicyclic) bond motifs is 1. The molecule has 24 heavy (non-hydrogen) atoms. The van der Waals surface area contributed by atoms with E-state index in [4.69, 9.17) is 11.6 Å². The Hall–Kier alpha value is -1.98. The van der Waals surface area contributed by atoms with Crippen molar-refractivity contribution < 1.29 is 4.79 Å². The topological polar surface area (TPSA) is 54.9 Å². The third-order valence-electron chi connectivity index (χ3n) is 4.50. The lowest BCUT2D eigenvalue weighted by Gasteiger charge is -2.07. The number of benzene rings is 1. The molecule has 6 heteroatoms. The molecule has 4 rings (SSSR count). The molecular formula is C18H16ClN3OS. The number of carbonyl (C=O) groups excluding carboxylic acids is 1. The summed E-state index contributed by atoms with van der Waals surface area (Å²) in [6, 6.07) is 7.65. The van der Waals surface area contributed by atoms with Crippen molar-refractivity contribution in [3.63, 3.8) is 0 Å². The van der Waals surface area contributed by atoms with Gasteiger partial charge in [-0.05, 0) is 48.4 Å². The highest BCUT2D eigenvalue weighted by atomic mass is 35.5. The smallest absolute Gasteiger partial charge is 0.251 e. The fourth-order valence-electron chi connectivity index (χ4n) is 3.23. The molecular weight excluding hydrogens is 342 g/mol. The lowest BCUT2D eigenvalue weighted by Crippen LogP contribution is -2.17. The Morgan fingerprint density at radius 2 is 2.12 bits per heavy atom. The maximum Gasteiger partial charge on any atom is 0.251 e. The average Bonchev–Trinajstić information content (AvgIpc) is 3.22. The van der Waals surface area contributed by atoms with Gasteiger partial charge in [-0.1, -0.05) is 17.7 Å². The van der Waals surface area contributed by atoms with Crippen molar-refractivity contribution >= 4 is 39.1 Å². The van der Waals surface area contributed by atoms with Crippen LogP contribution in [-0.2, 0) is 0 Å². The van der Waals surface area contributed by atoms with Crippen molar-refractivity contribution in [3.8, 4) is 0 Å². The molecule has 1 aromatic carbocycles. The summed E-state index contributed by atoms with van der Waals surface area (Å²) in [6.45, 7) is 1.94. The zero-order valence-corrected chi connectivity index (χ0v) is 14.9. The second-order valence-corrected chi connectivity index (χ2v) is 7.36. The first kappa shape index (κ1) is 15.5. The number of thiophene rings is 1. The van der Waals surface area contributed by atoms with Crippen LogP contribution in [0.15, 0.2) is 29.6 Å². The molecule has 0 aliphatic heterocycles. The van der Waals surface area contributed by atoms with Gasteiger partial charge in [0.25, 0.3) is 5.91 Å². The molecule has 4 nitrogen and oxygen atoms in total. The van der Waals surface area contributed by atoms with Gasteiger partial charge in [0.1, 0.15) is 10.7 Å². The fraction of sp³-hybridized carbons (Fsp3) is 0.278. The van der Waals surface area contributed by atoms with Crippen LogP contribution in [0.5, 0.6) is 0 Å². The Labute approximate surface area is 148 Å². The molecule has 1 aliphatic carbocycles. The summed E-state index contributed by atoms with van der Waals surface area (Å²) in [5.74, 6) is 1.41. The third-order valence-corrected chi connectivity index (χ3v) is 5.63. The van der Waals surface area contributed by atoms with Gasteiger partial charge in [-0.2, -0.15) is 0 Å². The monoisotopic (exact) mass is 357 g/mol. The van der Waals surface area contributed by atoms with E-state index in [0.717, 1.165) is 33.7 Å². The molecule has 122 valence electrons. The highest BCUT2D eigenvalue weighted by Gasteiger charge is 2.43. The molecule has 1 N–H and O–H groups in total. The van der Waals surface area contributed by atoms with E-state index in [1.165, 1.54) is 0 Å². The molecule has 2 aromatic heterocycles. The molecule has 1 saturated carbocycles. The first-order valence-corrected chi connectivity index (χ1v) is 9.07. The molecule has 0 saturated heterocycles. The summed E-state index contributed by atoms with van der Waals surface area (Å²) in [5.41, 5.74) is 2.80. The van der Waals surface area contributed by atoms with Crippen LogP contribution in [0.4, 0.5) is 0 Å². The number of rotatable bonds is 3. The second-order valence-electron chi connectivity index (χ2n) is 6.06. The van der Waals surface area contributed by atoms with Crippen LogP contribution in [0.2, 0.25) is 5.02 Å². The van der Waals surface area contributed by atoms with E-state index in [9.17, 15) is 4.79 Å². The van der Waals surface area contributed by atoms with Crippen LogP contribution < -0.4 is 5.32 Å². The first-order chi connectivity index (χ1) is 11.6. The predicted molar refractivity (Wildman–Crippen MR) is 97.1 cm³/mol.